The first-order valence-electron chi connectivity index (χ1n) is 15.1. The SMILES string of the molecule is Cc1c(Cl)ccc(S(=O)(=O)N(CCc2ccccc2)CC(=O)NCC(=O)N(CCCCN(C)C)Cc2ccc(/C(N)=N\O)cc2)c1Cl. The summed E-state index contributed by atoms with van der Waals surface area (Å²) in [5.41, 5.74) is 8.33. The molecule has 0 aliphatic carbocycles. The van der Waals surface area contributed by atoms with Crippen molar-refractivity contribution in [1.82, 2.24) is 19.4 Å². The molecule has 47 heavy (non-hydrogen) atoms. The first-order valence-corrected chi connectivity index (χ1v) is 17.3. The van der Waals surface area contributed by atoms with Crippen molar-refractivity contribution in [3.05, 3.63) is 99.0 Å². The van der Waals surface area contributed by atoms with Crippen LogP contribution in [0.1, 0.15) is 35.1 Å². The Morgan fingerprint density at radius 3 is 2.21 bits per heavy atom. The molecule has 0 aliphatic heterocycles. The predicted octanol–water partition coefficient (Wildman–Crippen LogP) is 4.12. The maximum atomic E-state index is 13.8. The number of nitrogens with one attached hydrogen (secondary N) is 1. The van der Waals surface area contributed by atoms with Crippen LogP contribution in [0.15, 0.2) is 76.8 Å². The van der Waals surface area contributed by atoms with E-state index in [9.17, 15) is 18.0 Å². The van der Waals surface area contributed by atoms with Gasteiger partial charge in [0.15, 0.2) is 5.84 Å². The lowest BCUT2D eigenvalue weighted by atomic mass is 10.1. The fourth-order valence-corrected chi connectivity index (χ4v) is 6.92. The molecule has 2 amide bonds. The molecular formula is C33H42Cl2N6O5S. The van der Waals surface area contributed by atoms with Crippen LogP contribution in [0.3, 0.4) is 0 Å². The van der Waals surface area contributed by atoms with Crippen molar-refractivity contribution >= 4 is 50.9 Å². The summed E-state index contributed by atoms with van der Waals surface area (Å²) in [5.74, 6) is -0.976. The fraction of sp³-hybridized carbons (Fsp3) is 0.364. The molecule has 254 valence electrons. The van der Waals surface area contributed by atoms with E-state index >= 15 is 0 Å². The predicted molar refractivity (Wildman–Crippen MR) is 185 cm³/mol. The molecular weight excluding hydrogens is 663 g/mol. The van der Waals surface area contributed by atoms with Crippen molar-refractivity contribution in [2.75, 3.05) is 46.8 Å². The van der Waals surface area contributed by atoms with E-state index in [1.807, 2.05) is 44.4 Å². The number of nitrogens with zero attached hydrogens (tertiary/aromatic N) is 4. The quantitative estimate of drug-likeness (QED) is 0.0630. The Balaban J connectivity index is 1.75. The zero-order chi connectivity index (χ0) is 34.6. The Kier molecular flexibility index (Phi) is 14.5. The van der Waals surface area contributed by atoms with Crippen molar-refractivity contribution < 1.29 is 23.2 Å². The number of sulfonamides is 1. The van der Waals surface area contributed by atoms with E-state index < -0.39 is 22.5 Å². The Labute approximate surface area is 287 Å². The lowest BCUT2D eigenvalue weighted by molar-refractivity contribution is -0.133. The summed E-state index contributed by atoms with van der Waals surface area (Å²) in [4.78, 5) is 30.2. The first-order chi connectivity index (χ1) is 22.3. The molecule has 0 unspecified atom stereocenters. The van der Waals surface area contributed by atoms with Crippen LogP contribution < -0.4 is 11.1 Å². The van der Waals surface area contributed by atoms with Crippen LogP contribution in [0.25, 0.3) is 0 Å². The summed E-state index contributed by atoms with van der Waals surface area (Å²) in [7, 11) is -0.258. The van der Waals surface area contributed by atoms with Gasteiger partial charge in [0.25, 0.3) is 0 Å². The maximum Gasteiger partial charge on any atom is 0.245 e. The lowest BCUT2D eigenvalue weighted by Crippen LogP contribution is -2.45. The van der Waals surface area contributed by atoms with Crippen LogP contribution in [-0.4, -0.2) is 92.2 Å². The van der Waals surface area contributed by atoms with E-state index in [1.54, 1.807) is 36.1 Å². The van der Waals surface area contributed by atoms with E-state index in [2.05, 4.69) is 15.4 Å². The van der Waals surface area contributed by atoms with Crippen molar-refractivity contribution in [2.45, 2.75) is 37.6 Å². The number of amidine groups is 1. The highest BCUT2D eigenvalue weighted by atomic mass is 35.5. The highest BCUT2D eigenvalue weighted by Gasteiger charge is 2.30. The molecule has 3 rings (SSSR count). The monoisotopic (exact) mass is 704 g/mol. The van der Waals surface area contributed by atoms with Crippen LogP contribution in [0.2, 0.25) is 10.0 Å². The van der Waals surface area contributed by atoms with Crippen molar-refractivity contribution in [1.29, 1.82) is 0 Å². The minimum absolute atomic E-state index is 0.00517. The van der Waals surface area contributed by atoms with Gasteiger partial charge in [-0.25, -0.2) is 8.42 Å². The van der Waals surface area contributed by atoms with Gasteiger partial charge in [0, 0.05) is 30.2 Å². The standard InChI is InChI=1S/C33H42Cl2N6O5S/c1-24-28(34)15-16-29(32(24)35)47(45,46)41(20-17-25-9-5-4-6-10-25)23-30(42)37-21-31(43)40(19-8-7-18-39(2)3)22-26-11-13-27(14-12-26)33(36)38-44/h4-6,9-16,44H,7-8,17-23H2,1-3H3,(H2,36,38)(H,37,42). The molecule has 0 spiro atoms. The second kappa shape index (κ2) is 18.0. The van der Waals surface area contributed by atoms with Crippen molar-refractivity contribution in [3.63, 3.8) is 0 Å². The summed E-state index contributed by atoms with van der Waals surface area (Å²) in [6.07, 6.45) is 1.96. The molecule has 0 heterocycles. The van der Waals surface area contributed by atoms with Crippen LogP contribution in [0.4, 0.5) is 0 Å². The van der Waals surface area contributed by atoms with Gasteiger partial charge < -0.3 is 26.1 Å². The molecule has 0 saturated heterocycles. The molecule has 0 saturated carbocycles. The van der Waals surface area contributed by atoms with Gasteiger partial charge in [-0.05, 0) is 75.6 Å². The van der Waals surface area contributed by atoms with Gasteiger partial charge in [0.1, 0.15) is 4.90 Å². The van der Waals surface area contributed by atoms with Gasteiger partial charge in [0.05, 0.1) is 18.1 Å². The highest BCUT2D eigenvalue weighted by molar-refractivity contribution is 7.89. The minimum atomic E-state index is -4.22. The number of unbranched alkanes of at least 4 members (excludes halogenated alkanes) is 1. The highest BCUT2D eigenvalue weighted by Crippen LogP contribution is 2.32. The largest absolute Gasteiger partial charge is 0.409 e. The third-order valence-electron chi connectivity index (χ3n) is 7.52. The first kappa shape index (κ1) is 37.8. The third kappa shape index (κ3) is 11.2. The topological polar surface area (TPSA) is 149 Å². The molecule has 3 aromatic rings. The van der Waals surface area contributed by atoms with Crippen LogP contribution >= 0.6 is 23.2 Å². The number of carbonyl (C=O) groups is 2. The second-order valence-corrected chi connectivity index (χ2v) is 14.0. The molecule has 0 radical (unpaired) electrons. The van der Waals surface area contributed by atoms with Crippen molar-refractivity contribution in [3.8, 4) is 0 Å². The Morgan fingerprint density at radius 1 is 0.915 bits per heavy atom. The molecule has 11 nitrogen and oxygen atoms in total. The zero-order valence-corrected chi connectivity index (χ0v) is 29.2. The van der Waals surface area contributed by atoms with E-state index in [1.165, 1.54) is 12.1 Å². The van der Waals surface area contributed by atoms with Gasteiger partial charge in [-0.3, -0.25) is 9.59 Å². The number of benzene rings is 3. The molecule has 3 aromatic carbocycles. The zero-order valence-electron chi connectivity index (χ0n) is 26.8. The maximum absolute atomic E-state index is 13.8. The summed E-state index contributed by atoms with van der Waals surface area (Å²) >= 11 is 12.6. The Morgan fingerprint density at radius 2 is 1.57 bits per heavy atom. The Hall–Kier alpha value is -3.68. The number of rotatable bonds is 17. The van der Waals surface area contributed by atoms with Gasteiger partial charge >= 0.3 is 0 Å². The van der Waals surface area contributed by atoms with Gasteiger partial charge in [0.2, 0.25) is 21.8 Å². The van der Waals surface area contributed by atoms with Gasteiger partial charge in [-0.15, -0.1) is 0 Å². The Bertz CT molecular complexity index is 1640. The van der Waals surface area contributed by atoms with E-state index in [0.717, 1.165) is 34.8 Å². The van der Waals surface area contributed by atoms with Gasteiger partial charge in [-0.2, -0.15) is 4.31 Å². The molecule has 0 aromatic heterocycles. The van der Waals surface area contributed by atoms with Gasteiger partial charge in [-0.1, -0.05) is 83.0 Å². The smallest absolute Gasteiger partial charge is 0.245 e. The van der Waals surface area contributed by atoms with Crippen molar-refractivity contribution in [2.24, 2.45) is 10.9 Å². The fourth-order valence-electron chi connectivity index (χ4n) is 4.74. The van der Waals surface area contributed by atoms with E-state index in [4.69, 9.17) is 34.1 Å². The number of hydrogen-bond donors (Lipinski definition) is 3. The number of oxime groups is 1. The summed E-state index contributed by atoms with van der Waals surface area (Å²) in [5, 5.41) is 14.9. The number of halogens is 2. The average molecular weight is 706 g/mol. The summed E-state index contributed by atoms with van der Waals surface area (Å²) < 4.78 is 28.7. The molecule has 4 N–H and O–H groups in total. The molecule has 0 fully saturated rings. The minimum Gasteiger partial charge on any atom is -0.409 e. The van der Waals surface area contributed by atoms with E-state index in [0.29, 0.717) is 29.1 Å². The van der Waals surface area contributed by atoms with E-state index in [-0.39, 0.29) is 41.3 Å². The van der Waals surface area contributed by atoms with Crippen LogP contribution in [0.5, 0.6) is 0 Å². The second-order valence-electron chi connectivity index (χ2n) is 11.3. The summed E-state index contributed by atoms with van der Waals surface area (Å²) in [6.45, 7) is 2.38. The van der Waals surface area contributed by atoms with Crippen LogP contribution in [0, 0.1) is 6.92 Å². The molecule has 14 heteroatoms. The molecule has 0 aliphatic rings. The number of carbonyl (C=O) groups excluding carboxylic acids is 2. The number of amides is 2. The lowest BCUT2D eigenvalue weighted by Gasteiger charge is -2.25. The summed E-state index contributed by atoms with van der Waals surface area (Å²) in [6, 6.07) is 19.1. The molecule has 0 atom stereocenters. The third-order valence-corrected chi connectivity index (χ3v) is 10.4. The molecule has 0 bridgehead atoms. The number of nitrogens with two attached hydrogens (primary N) is 1. The normalized spacial score (nSPS) is 12.0. The average Bonchev–Trinajstić information content (AvgIpc) is 3.05. The number of hydrogen-bond acceptors (Lipinski definition) is 7. The van der Waals surface area contributed by atoms with Crippen LogP contribution in [-0.2, 0) is 32.6 Å².